The Morgan fingerprint density at radius 1 is 1.13 bits per heavy atom. The molecule has 1 amide bonds. The molecule has 156 valence electrons. The number of anilines is 1. The minimum absolute atomic E-state index is 0.187. The van der Waals surface area contributed by atoms with Gasteiger partial charge in [-0.05, 0) is 30.3 Å². The number of rotatable bonds is 7. The predicted molar refractivity (Wildman–Crippen MR) is 106 cm³/mol. The summed E-state index contributed by atoms with van der Waals surface area (Å²) in [6.45, 7) is 0.219. The van der Waals surface area contributed by atoms with Crippen LogP contribution >= 0.6 is 11.8 Å². The monoisotopic (exact) mass is 435 g/mol. The molecule has 3 aromatic rings. The smallest absolute Gasteiger partial charge is 0.447 e. The van der Waals surface area contributed by atoms with Crippen molar-refractivity contribution in [3.8, 4) is 11.5 Å². The van der Waals surface area contributed by atoms with Crippen molar-refractivity contribution in [2.75, 3.05) is 12.4 Å². The normalized spacial score (nSPS) is 11.1. The van der Waals surface area contributed by atoms with E-state index in [0.717, 1.165) is 5.56 Å². The van der Waals surface area contributed by atoms with Crippen molar-refractivity contribution in [3.05, 3.63) is 72.2 Å². The molecule has 0 fully saturated rings. The first-order valence-electron chi connectivity index (χ1n) is 8.57. The third-order valence-electron chi connectivity index (χ3n) is 3.77. The van der Waals surface area contributed by atoms with Gasteiger partial charge >= 0.3 is 5.51 Å². The van der Waals surface area contributed by atoms with Crippen molar-refractivity contribution in [3.63, 3.8) is 0 Å². The van der Waals surface area contributed by atoms with Crippen LogP contribution in [0, 0.1) is 0 Å². The summed E-state index contributed by atoms with van der Waals surface area (Å²) in [7, 11) is 1.47. The maximum Gasteiger partial charge on any atom is 0.447 e. The van der Waals surface area contributed by atoms with Crippen LogP contribution in [0.3, 0.4) is 0 Å². The number of amides is 1. The van der Waals surface area contributed by atoms with Crippen molar-refractivity contribution < 1.29 is 27.4 Å². The second-order valence-electron chi connectivity index (χ2n) is 5.87. The molecule has 0 aliphatic heterocycles. The first kappa shape index (κ1) is 21.4. The second-order valence-corrected chi connectivity index (χ2v) is 6.93. The van der Waals surface area contributed by atoms with E-state index in [4.69, 9.17) is 9.47 Å². The molecule has 0 aliphatic rings. The van der Waals surface area contributed by atoms with Crippen LogP contribution in [0.2, 0.25) is 0 Å². The molecule has 0 unspecified atom stereocenters. The van der Waals surface area contributed by atoms with Gasteiger partial charge in [0.05, 0.1) is 12.7 Å². The van der Waals surface area contributed by atoms with Crippen molar-refractivity contribution >= 4 is 23.4 Å². The van der Waals surface area contributed by atoms with Gasteiger partial charge < -0.3 is 14.8 Å². The van der Waals surface area contributed by atoms with Gasteiger partial charge in [-0.25, -0.2) is 4.98 Å². The fourth-order valence-corrected chi connectivity index (χ4v) is 3.07. The number of pyridine rings is 2. The van der Waals surface area contributed by atoms with Crippen LogP contribution in [0.1, 0.15) is 15.9 Å². The maximum atomic E-state index is 12.7. The molecule has 0 atom stereocenters. The van der Waals surface area contributed by atoms with Gasteiger partial charge in [0.15, 0.2) is 11.5 Å². The predicted octanol–water partition coefficient (Wildman–Crippen LogP) is 4.93. The molecule has 0 aliphatic carbocycles. The molecule has 2 heterocycles. The Bertz CT molecular complexity index is 1020. The third kappa shape index (κ3) is 5.86. The Hall–Kier alpha value is -3.27. The zero-order valence-corrected chi connectivity index (χ0v) is 16.5. The molecule has 6 nitrogen and oxygen atoms in total. The van der Waals surface area contributed by atoms with E-state index in [1.54, 1.807) is 30.6 Å². The van der Waals surface area contributed by atoms with Gasteiger partial charge in [-0.15, -0.1) is 0 Å². The standard InChI is InChI=1S/C20H16F3N3O3S/c1-28-16-7-6-14(10-17(16)29-12-13-4-2-8-24-11-13)26-18(27)15-5-3-9-25-19(15)30-20(21,22)23/h2-11H,12H2,1H3,(H,26,27). The molecule has 1 aromatic carbocycles. The van der Waals surface area contributed by atoms with E-state index in [2.05, 4.69) is 15.3 Å². The fraction of sp³-hybridized carbons (Fsp3) is 0.150. The Balaban J connectivity index is 1.78. The van der Waals surface area contributed by atoms with Gasteiger partial charge in [-0.2, -0.15) is 13.2 Å². The largest absolute Gasteiger partial charge is 0.493 e. The van der Waals surface area contributed by atoms with Gasteiger partial charge in [0.1, 0.15) is 11.6 Å². The molecular weight excluding hydrogens is 419 g/mol. The number of nitrogens with zero attached hydrogens (tertiary/aromatic N) is 2. The van der Waals surface area contributed by atoms with E-state index < -0.39 is 28.2 Å². The van der Waals surface area contributed by atoms with Crippen LogP contribution in [0.5, 0.6) is 11.5 Å². The van der Waals surface area contributed by atoms with Crippen LogP contribution in [0.25, 0.3) is 0 Å². The summed E-state index contributed by atoms with van der Waals surface area (Å²) in [5, 5.41) is 2.14. The fourth-order valence-electron chi connectivity index (χ4n) is 2.46. The van der Waals surface area contributed by atoms with Crippen LogP contribution in [0.15, 0.2) is 66.1 Å². The molecule has 1 N–H and O–H groups in total. The Morgan fingerprint density at radius 3 is 2.63 bits per heavy atom. The highest BCUT2D eigenvalue weighted by atomic mass is 32.2. The lowest BCUT2D eigenvalue weighted by molar-refractivity contribution is -0.0329. The molecule has 0 bridgehead atoms. The number of halogens is 3. The van der Waals surface area contributed by atoms with Crippen LogP contribution in [-0.4, -0.2) is 28.5 Å². The number of carbonyl (C=O) groups is 1. The SMILES string of the molecule is COc1ccc(NC(=O)c2cccnc2SC(F)(F)F)cc1OCc1cccnc1. The van der Waals surface area contributed by atoms with E-state index in [0.29, 0.717) is 17.2 Å². The summed E-state index contributed by atoms with van der Waals surface area (Å²) < 4.78 is 49.2. The summed E-state index contributed by atoms with van der Waals surface area (Å²) in [6.07, 6.45) is 4.49. The zero-order valence-electron chi connectivity index (χ0n) is 15.6. The van der Waals surface area contributed by atoms with E-state index in [-0.39, 0.29) is 12.2 Å². The minimum Gasteiger partial charge on any atom is -0.493 e. The highest BCUT2D eigenvalue weighted by molar-refractivity contribution is 8.00. The van der Waals surface area contributed by atoms with E-state index in [1.807, 2.05) is 6.07 Å². The molecule has 30 heavy (non-hydrogen) atoms. The van der Waals surface area contributed by atoms with Crippen LogP contribution in [0.4, 0.5) is 18.9 Å². The molecular formula is C20H16F3N3O3S. The van der Waals surface area contributed by atoms with Gasteiger partial charge in [-0.3, -0.25) is 9.78 Å². The Morgan fingerprint density at radius 2 is 1.93 bits per heavy atom. The number of thioether (sulfide) groups is 1. The lowest BCUT2D eigenvalue weighted by Gasteiger charge is -2.14. The maximum absolute atomic E-state index is 12.7. The number of alkyl halides is 3. The highest BCUT2D eigenvalue weighted by Crippen LogP contribution is 2.37. The molecule has 0 radical (unpaired) electrons. The van der Waals surface area contributed by atoms with Gasteiger partial charge in [0.2, 0.25) is 0 Å². The third-order valence-corrected chi connectivity index (χ3v) is 4.52. The number of nitrogens with one attached hydrogen (secondary N) is 1. The van der Waals surface area contributed by atoms with E-state index in [1.165, 1.54) is 31.5 Å². The topological polar surface area (TPSA) is 73.3 Å². The second kappa shape index (κ2) is 9.49. The molecule has 10 heteroatoms. The van der Waals surface area contributed by atoms with Crippen molar-refractivity contribution in [1.82, 2.24) is 9.97 Å². The number of hydrogen-bond donors (Lipinski definition) is 1. The number of methoxy groups -OCH3 is 1. The number of benzene rings is 1. The average Bonchev–Trinajstić information content (AvgIpc) is 2.72. The lowest BCUT2D eigenvalue weighted by atomic mass is 10.2. The van der Waals surface area contributed by atoms with Crippen molar-refractivity contribution in [2.24, 2.45) is 0 Å². The molecule has 0 spiro atoms. The van der Waals surface area contributed by atoms with Crippen molar-refractivity contribution in [2.45, 2.75) is 17.1 Å². The van der Waals surface area contributed by atoms with Crippen molar-refractivity contribution in [1.29, 1.82) is 0 Å². The zero-order chi connectivity index (χ0) is 21.6. The average molecular weight is 435 g/mol. The Kier molecular flexibility index (Phi) is 6.78. The molecule has 0 saturated carbocycles. The van der Waals surface area contributed by atoms with E-state index >= 15 is 0 Å². The molecule has 2 aromatic heterocycles. The minimum atomic E-state index is -4.56. The summed E-state index contributed by atoms with van der Waals surface area (Å²) >= 11 is -0.441. The summed E-state index contributed by atoms with van der Waals surface area (Å²) in [6, 6.07) is 11.0. The summed E-state index contributed by atoms with van der Waals surface area (Å²) in [5.74, 6) is 0.0695. The van der Waals surface area contributed by atoms with E-state index in [9.17, 15) is 18.0 Å². The number of hydrogen-bond acceptors (Lipinski definition) is 6. The quantitative estimate of drug-likeness (QED) is 0.531. The number of carbonyl (C=O) groups excluding carboxylic acids is 1. The summed E-state index contributed by atoms with van der Waals surface area (Å²) in [4.78, 5) is 20.2. The van der Waals surface area contributed by atoms with Crippen LogP contribution in [-0.2, 0) is 6.61 Å². The first-order chi connectivity index (χ1) is 14.4. The van der Waals surface area contributed by atoms with Gasteiger partial charge in [0.25, 0.3) is 5.91 Å². The lowest BCUT2D eigenvalue weighted by Crippen LogP contribution is -2.15. The van der Waals surface area contributed by atoms with Gasteiger partial charge in [0, 0.05) is 47.7 Å². The molecule has 0 saturated heterocycles. The number of aromatic nitrogens is 2. The molecule has 3 rings (SSSR count). The van der Waals surface area contributed by atoms with Gasteiger partial charge in [-0.1, -0.05) is 6.07 Å². The van der Waals surface area contributed by atoms with Crippen LogP contribution < -0.4 is 14.8 Å². The number of ether oxygens (including phenoxy) is 2. The first-order valence-corrected chi connectivity index (χ1v) is 9.39. The Labute approximate surface area is 174 Å². The summed E-state index contributed by atoms with van der Waals surface area (Å²) in [5.41, 5.74) is -3.59. The highest BCUT2D eigenvalue weighted by Gasteiger charge is 2.32.